The van der Waals surface area contributed by atoms with Gasteiger partial charge in [-0.05, 0) is 0 Å². The lowest BCUT2D eigenvalue weighted by molar-refractivity contribution is 0.222. The van der Waals surface area contributed by atoms with E-state index in [1.165, 1.54) is 0 Å². The van der Waals surface area contributed by atoms with Gasteiger partial charge in [0.2, 0.25) is 0 Å². The van der Waals surface area contributed by atoms with Crippen LogP contribution in [0.4, 0.5) is 4.79 Å². The Balaban J connectivity index is 2.93. The lowest BCUT2D eigenvalue weighted by Crippen LogP contribution is -2.05. The molecule has 2 N–H and O–H groups in total. The zero-order chi connectivity index (χ0) is 6.41. The number of carboxylic acid groups (broad SMARTS) is 1. The summed E-state index contributed by atoms with van der Waals surface area (Å²) in [6, 6.07) is 0. The van der Waals surface area contributed by atoms with Gasteiger partial charge in [0.05, 0.1) is 0 Å². The quantitative estimate of drug-likeness (QED) is 0.343. The van der Waals surface area contributed by atoms with E-state index in [0.29, 0.717) is 18.5 Å². The smallest absolute Gasteiger partial charge is 0.380 e. The summed E-state index contributed by atoms with van der Waals surface area (Å²) in [6.07, 6.45) is 1.59. The van der Waals surface area contributed by atoms with Crippen LogP contribution in [0.2, 0.25) is 0 Å². The normalized spacial score (nSPS) is 8.50. The topological polar surface area (TPSA) is 49.3 Å². The van der Waals surface area contributed by atoms with Crippen LogP contribution in [0.3, 0.4) is 0 Å². The van der Waals surface area contributed by atoms with Crippen LogP contribution in [0.15, 0.2) is 12.7 Å². The van der Waals surface area contributed by atoms with Gasteiger partial charge in [-0.2, -0.15) is 0 Å². The van der Waals surface area contributed by atoms with Crippen molar-refractivity contribution in [3.8, 4) is 0 Å². The van der Waals surface area contributed by atoms with Gasteiger partial charge in [-0.25, -0.2) is 4.79 Å². The summed E-state index contributed by atoms with van der Waals surface area (Å²) in [4.78, 5) is 9.74. The molecule has 46 valence electrons. The Bertz CT molecular complexity index is 94.0. The molecule has 0 atom stereocenters. The Labute approximate surface area is 51.9 Å². The first-order valence-corrected chi connectivity index (χ1v) is 2.82. The third-order valence-corrected chi connectivity index (χ3v) is 0.873. The molecule has 0 aliphatic heterocycles. The van der Waals surface area contributed by atoms with E-state index in [1.54, 1.807) is 6.08 Å². The van der Waals surface area contributed by atoms with Crippen molar-refractivity contribution in [1.82, 2.24) is 4.72 Å². The van der Waals surface area contributed by atoms with Crippen molar-refractivity contribution in [1.29, 1.82) is 0 Å². The molecule has 0 aromatic carbocycles. The zero-order valence-electron chi connectivity index (χ0n) is 4.26. The van der Waals surface area contributed by atoms with Gasteiger partial charge in [0.15, 0.2) is 0 Å². The summed E-state index contributed by atoms with van der Waals surface area (Å²) in [5.74, 6) is 0. The van der Waals surface area contributed by atoms with Gasteiger partial charge >= 0.3 is 5.30 Å². The second kappa shape index (κ2) is 4.67. The first-order chi connectivity index (χ1) is 3.77. The fourth-order valence-corrected chi connectivity index (χ4v) is 0.487. The van der Waals surface area contributed by atoms with E-state index < -0.39 is 5.30 Å². The van der Waals surface area contributed by atoms with Gasteiger partial charge in [0.25, 0.3) is 0 Å². The van der Waals surface area contributed by atoms with Crippen LogP contribution in [0, 0.1) is 0 Å². The lowest BCUT2D eigenvalue weighted by atomic mass is 10.7. The van der Waals surface area contributed by atoms with Crippen LogP contribution >= 0.6 is 11.9 Å². The van der Waals surface area contributed by atoms with Crippen molar-refractivity contribution in [3.63, 3.8) is 0 Å². The average Bonchev–Trinajstić information content (AvgIpc) is 1.66. The predicted octanol–water partition coefficient (Wildman–Crippen LogP) is 1.09. The molecule has 0 aromatic rings. The monoisotopic (exact) mass is 133 g/mol. The molecule has 0 saturated heterocycles. The molecule has 0 heterocycles. The molecular formula is C4H7NO2S. The molecule has 0 radical (unpaired) electrons. The lowest BCUT2D eigenvalue weighted by Gasteiger charge is -1.90. The first kappa shape index (κ1) is 7.52. The number of nitrogens with one attached hydrogen (secondary N) is 1. The molecule has 0 unspecified atom stereocenters. The van der Waals surface area contributed by atoms with Crippen molar-refractivity contribution in [2.45, 2.75) is 0 Å². The number of hydrogen-bond donors (Lipinski definition) is 2. The largest absolute Gasteiger partial charge is 0.472 e. The third-order valence-electron chi connectivity index (χ3n) is 0.387. The van der Waals surface area contributed by atoms with Crippen molar-refractivity contribution in [2.24, 2.45) is 0 Å². The molecule has 0 saturated carbocycles. The van der Waals surface area contributed by atoms with E-state index in [1.807, 2.05) is 0 Å². The van der Waals surface area contributed by atoms with Crippen molar-refractivity contribution in [3.05, 3.63) is 12.7 Å². The molecule has 0 aromatic heterocycles. The van der Waals surface area contributed by atoms with Crippen LogP contribution in [0.25, 0.3) is 0 Å². The molecule has 0 aliphatic carbocycles. The highest BCUT2D eigenvalue weighted by Crippen LogP contribution is 1.90. The van der Waals surface area contributed by atoms with E-state index in [0.717, 1.165) is 0 Å². The van der Waals surface area contributed by atoms with Crippen LogP contribution in [0.5, 0.6) is 0 Å². The standard InChI is InChI=1S/C4H7NO2S/c1-2-3-5-8-4(6)7/h2,5H,1,3H2,(H,6,7). The minimum Gasteiger partial charge on any atom is -0.472 e. The van der Waals surface area contributed by atoms with Gasteiger partial charge in [-0.1, -0.05) is 6.08 Å². The molecule has 4 heteroatoms. The van der Waals surface area contributed by atoms with E-state index in [4.69, 9.17) is 5.11 Å². The highest BCUT2D eigenvalue weighted by molar-refractivity contribution is 8.11. The van der Waals surface area contributed by atoms with Crippen LogP contribution in [-0.2, 0) is 0 Å². The first-order valence-electron chi connectivity index (χ1n) is 2.01. The fourth-order valence-electron chi connectivity index (χ4n) is 0.162. The van der Waals surface area contributed by atoms with Gasteiger partial charge in [-0.15, -0.1) is 6.58 Å². The van der Waals surface area contributed by atoms with Crippen LogP contribution in [-0.4, -0.2) is 17.0 Å². The number of rotatable bonds is 3. The molecule has 0 spiro atoms. The maximum absolute atomic E-state index is 9.74. The summed E-state index contributed by atoms with van der Waals surface area (Å²) in [5.41, 5.74) is 0. The van der Waals surface area contributed by atoms with E-state index >= 15 is 0 Å². The zero-order valence-corrected chi connectivity index (χ0v) is 5.07. The molecule has 3 nitrogen and oxygen atoms in total. The highest BCUT2D eigenvalue weighted by Gasteiger charge is 1.91. The minimum atomic E-state index is -0.924. The molecule has 0 fully saturated rings. The molecule has 0 rings (SSSR count). The Hall–Kier alpha value is -0.480. The van der Waals surface area contributed by atoms with Crippen LogP contribution in [0.1, 0.15) is 0 Å². The molecule has 0 bridgehead atoms. The van der Waals surface area contributed by atoms with Gasteiger partial charge in [0, 0.05) is 18.5 Å². The van der Waals surface area contributed by atoms with Crippen molar-refractivity contribution in [2.75, 3.05) is 6.54 Å². The Morgan fingerprint density at radius 2 is 2.62 bits per heavy atom. The summed E-state index contributed by atoms with van der Waals surface area (Å²) in [7, 11) is 0. The summed E-state index contributed by atoms with van der Waals surface area (Å²) < 4.78 is 2.53. The molecule has 0 aliphatic rings. The second-order valence-electron chi connectivity index (χ2n) is 1.01. The molecular weight excluding hydrogens is 126 g/mol. The van der Waals surface area contributed by atoms with E-state index in [9.17, 15) is 4.79 Å². The van der Waals surface area contributed by atoms with Crippen molar-refractivity contribution >= 4 is 17.2 Å². The predicted molar refractivity (Wildman–Crippen MR) is 33.8 cm³/mol. The SMILES string of the molecule is C=CCNSC(=O)O. The Morgan fingerprint density at radius 1 is 2.00 bits per heavy atom. The Kier molecular flexibility index (Phi) is 4.39. The fraction of sp³-hybridized carbons (Fsp3) is 0.250. The molecule has 8 heavy (non-hydrogen) atoms. The summed E-state index contributed by atoms with van der Waals surface area (Å²) in [6.45, 7) is 3.90. The van der Waals surface area contributed by atoms with Crippen LogP contribution < -0.4 is 4.72 Å². The van der Waals surface area contributed by atoms with E-state index in [-0.39, 0.29) is 0 Å². The van der Waals surface area contributed by atoms with Gasteiger partial charge in [0.1, 0.15) is 0 Å². The summed E-state index contributed by atoms with van der Waals surface area (Å²) >= 11 is 0.651. The van der Waals surface area contributed by atoms with Gasteiger partial charge in [-0.3, -0.25) is 4.72 Å². The minimum absolute atomic E-state index is 0.511. The molecule has 0 amide bonds. The maximum atomic E-state index is 9.74. The third kappa shape index (κ3) is 5.52. The van der Waals surface area contributed by atoms with Gasteiger partial charge < -0.3 is 5.11 Å². The highest BCUT2D eigenvalue weighted by atomic mass is 32.2. The Morgan fingerprint density at radius 3 is 3.00 bits per heavy atom. The summed E-state index contributed by atoms with van der Waals surface area (Å²) in [5, 5.41) is 7.08. The second-order valence-corrected chi connectivity index (χ2v) is 1.85. The maximum Gasteiger partial charge on any atom is 0.380 e. The number of hydrogen-bond acceptors (Lipinski definition) is 3. The number of carbonyl (C=O) groups is 1. The average molecular weight is 133 g/mol. The van der Waals surface area contributed by atoms with Crippen molar-refractivity contribution < 1.29 is 9.90 Å². The van der Waals surface area contributed by atoms with E-state index in [2.05, 4.69) is 11.3 Å².